The molecule has 1 aromatic heterocycles. The maximum atomic E-state index is 13.4. The summed E-state index contributed by atoms with van der Waals surface area (Å²) in [6.45, 7) is -0.224. The lowest BCUT2D eigenvalue weighted by Gasteiger charge is -2.28. The molecule has 0 spiro atoms. The molecule has 2 heterocycles. The molecule has 9 heteroatoms. The average molecular weight is 306 g/mol. The van der Waals surface area contributed by atoms with Crippen LogP contribution in [0.5, 0.6) is 5.75 Å². The van der Waals surface area contributed by atoms with Crippen LogP contribution in [0.3, 0.4) is 0 Å². The van der Waals surface area contributed by atoms with E-state index in [0.717, 1.165) is 0 Å². The van der Waals surface area contributed by atoms with Crippen LogP contribution in [0.4, 0.5) is 10.1 Å². The second-order valence-corrected chi connectivity index (χ2v) is 4.48. The fraction of sp³-hybridized carbons (Fsp3) is 0.231. The topological polar surface area (TPSA) is 97.6 Å². The second kappa shape index (κ2) is 5.43. The maximum Gasteiger partial charge on any atom is 0.315 e. The smallest absolute Gasteiger partial charge is 0.315 e. The molecule has 1 aromatic carbocycles. The first-order valence-electron chi connectivity index (χ1n) is 6.36. The SMILES string of the molecule is CNC(=O)c1nc(CN2C(=O)COc3ccc(F)cc32)no1. The summed E-state index contributed by atoms with van der Waals surface area (Å²) in [7, 11) is 1.43. The Morgan fingerprint density at radius 1 is 1.50 bits per heavy atom. The van der Waals surface area contributed by atoms with Crippen molar-refractivity contribution < 1.29 is 23.2 Å². The summed E-state index contributed by atoms with van der Waals surface area (Å²) >= 11 is 0. The van der Waals surface area contributed by atoms with Gasteiger partial charge in [-0.3, -0.25) is 14.5 Å². The van der Waals surface area contributed by atoms with Gasteiger partial charge in [-0.1, -0.05) is 5.16 Å². The van der Waals surface area contributed by atoms with Crippen molar-refractivity contribution >= 4 is 17.5 Å². The van der Waals surface area contributed by atoms with Crippen LogP contribution in [-0.2, 0) is 11.3 Å². The summed E-state index contributed by atoms with van der Waals surface area (Å²) < 4.78 is 23.4. The zero-order valence-electron chi connectivity index (χ0n) is 11.5. The zero-order chi connectivity index (χ0) is 15.7. The highest BCUT2D eigenvalue weighted by Crippen LogP contribution is 2.33. The molecule has 1 N–H and O–H groups in total. The Morgan fingerprint density at radius 3 is 3.09 bits per heavy atom. The summed E-state index contributed by atoms with van der Waals surface area (Å²) in [4.78, 5) is 28.5. The van der Waals surface area contributed by atoms with Gasteiger partial charge in [-0.2, -0.15) is 4.98 Å². The van der Waals surface area contributed by atoms with Gasteiger partial charge >= 0.3 is 11.8 Å². The van der Waals surface area contributed by atoms with Crippen LogP contribution in [0.25, 0.3) is 0 Å². The van der Waals surface area contributed by atoms with Crippen molar-refractivity contribution in [3.05, 3.63) is 35.7 Å². The van der Waals surface area contributed by atoms with Gasteiger partial charge in [0.1, 0.15) is 11.6 Å². The number of carbonyl (C=O) groups is 2. The molecular formula is C13H11FN4O4. The monoisotopic (exact) mass is 306 g/mol. The molecule has 0 saturated carbocycles. The Kier molecular flexibility index (Phi) is 3.45. The van der Waals surface area contributed by atoms with E-state index >= 15 is 0 Å². The Balaban J connectivity index is 1.89. The van der Waals surface area contributed by atoms with Crippen LogP contribution in [0.15, 0.2) is 22.7 Å². The Bertz CT molecular complexity index is 745. The third-order valence-electron chi connectivity index (χ3n) is 3.05. The van der Waals surface area contributed by atoms with Crippen LogP contribution in [0.1, 0.15) is 16.5 Å². The number of aromatic nitrogens is 2. The van der Waals surface area contributed by atoms with Crippen molar-refractivity contribution in [3.8, 4) is 5.75 Å². The highest BCUT2D eigenvalue weighted by molar-refractivity contribution is 5.97. The molecule has 0 radical (unpaired) electrons. The standard InChI is InChI=1S/C13H11FN4O4/c1-15-12(20)13-16-10(17-22-13)5-18-8-4-7(14)2-3-9(8)21-6-11(18)19/h2-4H,5-6H2,1H3,(H,15,20). The van der Waals surface area contributed by atoms with E-state index in [1.165, 1.54) is 30.1 Å². The molecule has 0 unspecified atom stereocenters. The third-order valence-corrected chi connectivity index (χ3v) is 3.05. The van der Waals surface area contributed by atoms with Gasteiger partial charge in [0.2, 0.25) is 0 Å². The zero-order valence-corrected chi connectivity index (χ0v) is 11.5. The molecule has 0 aliphatic carbocycles. The fourth-order valence-corrected chi connectivity index (χ4v) is 2.01. The average Bonchev–Trinajstić information content (AvgIpc) is 2.98. The Labute approximate surface area is 123 Å². The van der Waals surface area contributed by atoms with Crippen molar-refractivity contribution in [1.82, 2.24) is 15.5 Å². The molecule has 8 nitrogen and oxygen atoms in total. The van der Waals surface area contributed by atoms with E-state index in [1.54, 1.807) is 0 Å². The molecule has 2 amide bonds. The minimum absolute atomic E-state index is 0.0564. The Hall–Kier alpha value is -2.97. The molecule has 3 rings (SSSR count). The van der Waals surface area contributed by atoms with E-state index in [1.807, 2.05) is 0 Å². The number of rotatable bonds is 3. The Morgan fingerprint density at radius 2 is 2.32 bits per heavy atom. The summed E-state index contributed by atoms with van der Waals surface area (Å²) in [5.41, 5.74) is 0.280. The minimum atomic E-state index is -0.529. The normalized spacial score (nSPS) is 13.5. The molecule has 114 valence electrons. The predicted octanol–water partition coefficient (Wildman–Crippen LogP) is 0.494. The van der Waals surface area contributed by atoms with Gasteiger partial charge in [-0.05, 0) is 12.1 Å². The van der Waals surface area contributed by atoms with Gasteiger partial charge in [0.25, 0.3) is 5.91 Å². The molecule has 0 bridgehead atoms. The largest absolute Gasteiger partial charge is 0.482 e. The first-order valence-corrected chi connectivity index (χ1v) is 6.36. The van der Waals surface area contributed by atoms with Crippen molar-refractivity contribution in [2.24, 2.45) is 0 Å². The van der Waals surface area contributed by atoms with Crippen LogP contribution in [-0.4, -0.2) is 35.6 Å². The van der Waals surface area contributed by atoms with Gasteiger partial charge in [0.05, 0.1) is 12.2 Å². The number of anilines is 1. The summed E-state index contributed by atoms with van der Waals surface area (Å²) in [6, 6.07) is 3.87. The van der Waals surface area contributed by atoms with Gasteiger partial charge in [-0.25, -0.2) is 4.39 Å². The van der Waals surface area contributed by atoms with Crippen molar-refractivity contribution in [2.45, 2.75) is 6.54 Å². The number of nitrogens with one attached hydrogen (secondary N) is 1. The molecule has 22 heavy (non-hydrogen) atoms. The number of nitrogens with zero attached hydrogens (tertiary/aromatic N) is 3. The number of carbonyl (C=O) groups excluding carboxylic acids is 2. The summed E-state index contributed by atoms with van der Waals surface area (Å²) in [5.74, 6) is -1.10. The predicted molar refractivity (Wildman–Crippen MR) is 70.8 cm³/mol. The van der Waals surface area contributed by atoms with E-state index < -0.39 is 11.7 Å². The first kappa shape index (κ1) is 14.0. The van der Waals surface area contributed by atoms with Crippen molar-refractivity contribution in [1.29, 1.82) is 0 Å². The number of hydrogen-bond donors (Lipinski definition) is 1. The van der Waals surface area contributed by atoms with Gasteiger partial charge in [0.15, 0.2) is 12.4 Å². The molecule has 0 atom stereocenters. The van der Waals surface area contributed by atoms with Crippen LogP contribution < -0.4 is 15.0 Å². The molecule has 1 aliphatic heterocycles. The lowest BCUT2D eigenvalue weighted by Crippen LogP contribution is -2.38. The van der Waals surface area contributed by atoms with Gasteiger partial charge in [-0.15, -0.1) is 0 Å². The second-order valence-electron chi connectivity index (χ2n) is 4.48. The van der Waals surface area contributed by atoms with E-state index in [9.17, 15) is 14.0 Å². The number of fused-ring (bicyclic) bond motifs is 1. The molecule has 1 aliphatic rings. The third kappa shape index (κ3) is 2.48. The molecule has 0 fully saturated rings. The summed E-state index contributed by atoms with van der Waals surface area (Å²) in [6.07, 6.45) is 0. The number of halogens is 1. The lowest BCUT2D eigenvalue weighted by molar-refractivity contribution is -0.121. The molecule has 2 aromatic rings. The number of amides is 2. The fourth-order valence-electron chi connectivity index (χ4n) is 2.01. The van der Waals surface area contributed by atoms with Crippen molar-refractivity contribution in [3.63, 3.8) is 0 Å². The van der Waals surface area contributed by atoms with E-state index in [2.05, 4.69) is 15.5 Å². The van der Waals surface area contributed by atoms with E-state index in [4.69, 9.17) is 9.26 Å². The number of ether oxygens (including phenoxy) is 1. The van der Waals surface area contributed by atoms with Crippen LogP contribution in [0, 0.1) is 5.82 Å². The van der Waals surface area contributed by atoms with Crippen LogP contribution in [0.2, 0.25) is 0 Å². The highest BCUT2D eigenvalue weighted by Gasteiger charge is 2.28. The highest BCUT2D eigenvalue weighted by atomic mass is 19.1. The first-order chi connectivity index (χ1) is 10.6. The van der Waals surface area contributed by atoms with E-state index in [0.29, 0.717) is 5.75 Å². The lowest BCUT2D eigenvalue weighted by atomic mass is 10.2. The van der Waals surface area contributed by atoms with Gasteiger partial charge < -0.3 is 14.6 Å². The number of hydrogen-bond acceptors (Lipinski definition) is 6. The maximum absolute atomic E-state index is 13.4. The minimum Gasteiger partial charge on any atom is -0.482 e. The van der Waals surface area contributed by atoms with Gasteiger partial charge in [0, 0.05) is 13.1 Å². The number of benzene rings is 1. The van der Waals surface area contributed by atoms with E-state index in [-0.39, 0.29) is 36.5 Å². The van der Waals surface area contributed by atoms with Crippen LogP contribution >= 0.6 is 0 Å². The molecule has 0 saturated heterocycles. The van der Waals surface area contributed by atoms with Crippen molar-refractivity contribution in [2.75, 3.05) is 18.6 Å². The molecular weight excluding hydrogens is 295 g/mol. The quantitative estimate of drug-likeness (QED) is 0.886. The summed E-state index contributed by atoms with van der Waals surface area (Å²) in [5, 5.41) is 5.98.